The molecule has 0 aromatic carbocycles. The number of carbonyl (C=O) groups is 2. The molecule has 0 unspecified atom stereocenters. The molecule has 1 aliphatic carbocycles. The van der Waals surface area contributed by atoms with Crippen molar-refractivity contribution in [3.8, 4) is 0 Å². The van der Waals surface area contributed by atoms with E-state index in [9.17, 15) is 27.9 Å². The zero-order valence-electron chi connectivity index (χ0n) is 16.8. The highest BCUT2D eigenvalue weighted by Crippen LogP contribution is 2.45. The smallest absolute Gasteiger partial charge is 0.411 e. The minimum Gasteiger partial charge on any atom is -0.444 e. The first kappa shape index (κ1) is 22.6. The molecule has 0 spiro atoms. The van der Waals surface area contributed by atoms with Crippen molar-refractivity contribution in [3.63, 3.8) is 0 Å². The molecule has 1 saturated heterocycles. The van der Waals surface area contributed by atoms with Gasteiger partial charge in [-0.05, 0) is 46.5 Å². The molecule has 1 aliphatic heterocycles. The van der Waals surface area contributed by atoms with Crippen LogP contribution >= 0.6 is 0 Å². The number of nitrogens with one attached hydrogen (secondary N) is 1. The fourth-order valence-corrected chi connectivity index (χ4v) is 3.53. The average Bonchev–Trinajstić information content (AvgIpc) is 2.53. The maximum atomic E-state index is 13.4. The number of piperazine rings is 1. The third kappa shape index (κ3) is 4.64. The maximum absolute atomic E-state index is 13.4. The Balaban J connectivity index is 2.14. The molecule has 7 nitrogen and oxygen atoms in total. The monoisotopic (exact) mass is 409 g/mol. The lowest BCUT2D eigenvalue weighted by molar-refractivity contribution is -0.215. The Labute approximate surface area is 163 Å². The molecule has 0 aromatic heterocycles. The van der Waals surface area contributed by atoms with E-state index in [2.05, 4.69) is 5.32 Å². The van der Waals surface area contributed by atoms with E-state index in [1.54, 1.807) is 20.8 Å². The Bertz CT molecular complexity index is 588. The van der Waals surface area contributed by atoms with Crippen molar-refractivity contribution in [1.29, 1.82) is 0 Å². The van der Waals surface area contributed by atoms with Gasteiger partial charge in [0.2, 0.25) is 0 Å². The van der Waals surface area contributed by atoms with Crippen LogP contribution in [0.15, 0.2) is 0 Å². The normalized spacial score (nSPS) is 25.1. The van der Waals surface area contributed by atoms with Gasteiger partial charge in [-0.3, -0.25) is 0 Å². The molecule has 0 radical (unpaired) electrons. The summed E-state index contributed by atoms with van der Waals surface area (Å²) >= 11 is 0. The lowest BCUT2D eigenvalue weighted by Gasteiger charge is -2.48. The number of rotatable bonds is 3. The van der Waals surface area contributed by atoms with Crippen LogP contribution in [0, 0.1) is 0 Å². The van der Waals surface area contributed by atoms with Gasteiger partial charge in [0.1, 0.15) is 11.1 Å². The van der Waals surface area contributed by atoms with Crippen LogP contribution in [-0.4, -0.2) is 76.1 Å². The lowest BCUT2D eigenvalue weighted by Crippen LogP contribution is -2.69. The SMILES string of the molecule is CC[C@@H]1CN(C(=O)NC2(C(F)(F)F)CCC2)[C@H](CO)CN1C(=O)OC(C)(C)C. The topological polar surface area (TPSA) is 82.1 Å². The summed E-state index contributed by atoms with van der Waals surface area (Å²) in [4.78, 5) is 27.8. The third-order valence-corrected chi connectivity index (χ3v) is 5.36. The molecule has 3 amide bonds. The second-order valence-electron chi connectivity index (χ2n) is 8.55. The second-order valence-corrected chi connectivity index (χ2v) is 8.55. The van der Waals surface area contributed by atoms with E-state index in [1.807, 2.05) is 6.92 Å². The molecule has 10 heteroatoms. The van der Waals surface area contributed by atoms with Crippen LogP contribution in [0.5, 0.6) is 0 Å². The summed E-state index contributed by atoms with van der Waals surface area (Å²) in [5.41, 5.74) is -2.91. The molecular formula is C18H30F3N3O4. The third-order valence-electron chi connectivity index (χ3n) is 5.36. The molecule has 162 valence electrons. The molecule has 0 bridgehead atoms. The standard InChI is InChI=1S/C18H30F3N3O4/c1-5-12-9-23(14(26)22-17(7-6-8-17)18(19,20)21)13(11-25)10-24(12)15(27)28-16(2,3)4/h12-13,25H,5-11H2,1-4H3,(H,22,26)/t12-,13+/m1/s1. The van der Waals surface area contributed by atoms with Gasteiger partial charge in [0.05, 0.1) is 18.7 Å². The molecule has 2 rings (SSSR count). The van der Waals surface area contributed by atoms with Gasteiger partial charge in [-0.2, -0.15) is 13.2 Å². The van der Waals surface area contributed by atoms with Gasteiger partial charge in [-0.15, -0.1) is 0 Å². The summed E-state index contributed by atoms with van der Waals surface area (Å²) in [6.45, 7) is 6.57. The van der Waals surface area contributed by atoms with E-state index in [4.69, 9.17) is 4.74 Å². The van der Waals surface area contributed by atoms with Crippen molar-refractivity contribution >= 4 is 12.1 Å². The van der Waals surface area contributed by atoms with E-state index >= 15 is 0 Å². The molecular weight excluding hydrogens is 379 g/mol. The molecule has 2 atom stereocenters. The summed E-state index contributed by atoms with van der Waals surface area (Å²) in [6.07, 6.45) is -4.51. The number of ether oxygens (including phenoxy) is 1. The molecule has 2 aliphatic rings. The fraction of sp³-hybridized carbons (Fsp3) is 0.889. The van der Waals surface area contributed by atoms with E-state index < -0.39 is 48.1 Å². The van der Waals surface area contributed by atoms with Crippen LogP contribution in [0.1, 0.15) is 53.4 Å². The van der Waals surface area contributed by atoms with Crippen molar-refractivity contribution in [2.45, 2.75) is 82.8 Å². The maximum Gasteiger partial charge on any atom is 0.411 e. The second kappa shape index (κ2) is 7.96. The van der Waals surface area contributed by atoms with Gasteiger partial charge in [-0.25, -0.2) is 9.59 Å². The number of hydrogen-bond donors (Lipinski definition) is 2. The highest BCUT2D eigenvalue weighted by Gasteiger charge is 2.60. The van der Waals surface area contributed by atoms with Gasteiger partial charge in [-0.1, -0.05) is 6.92 Å². The molecule has 1 heterocycles. The first-order valence-corrected chi connectivity index (χ1v) is 9.59. The van der Waals surface area contributed by atoms with Crippen molar-refractivity contribution < 1.29 is 32.6 Å². The number of aliphatic hydroxyl groups excluding tert-OH is 1. The zero-order chi connectivity index (χ0) is 21.3. The van der Waals surface area contributed by atoms with Crippen molar-refractivity contribution in [1.82, 2.24) is 15.1 Å². The van der Waals surface area contributed by atoms with Crippen LogP contribution in [0.25, 0.3) is 0 Å². The zero-order valence-corrected chi connectivity index (χ0v) is 16.8. The van der Waals surface area contributed by atoms with Crippen molar-refractivity contribution in [2.24, 2.45) is 0 Å². The number of carbonyl (C=O) groups excluding carboxylic acids is 2. The van der Waals surface area contributed by atoms with Crippen LogP contribution in [0.4, 0.5) is 22.8 Å². The van der Waals surface area contributed by atoms with E-state index in [1.165, 1.54) is 9.80 Å². The van der Waals surface area contributed by atoms with Crippen molar-refractivity contribution in [2.75, 3.05) is 19.7 Å². The van der Waals surface area contributed by atoms with Crippen LogP contribution in [0.2, 0.25) is 0 Å². The van der Waals surface area contributed by atoms with Gasteiger partial charge in [0, 0.05) is 13.1 Å². The minimum atomic E-state index is -4.53. The van der Waals surface area contributed by atoms with Gasteiger partial charge >= 0.3 is 18.3 Å². The number of halogens is 3. The van der Waals surface area contributed by atoms with Gasteiger partial charge in [0.25, 0.3) is 0 Å². The predicted octanol–water partition coefficient (Wildman–Crippen LogP) is 2.87. The molecule has 2 fully saturated rings. The summed E-state index contributed by atoms with van der Waals surface area (Å²) in [5, 5.41) is 11.9. The van der Waals surface area contributed by atoms with Crippen LogP contribution in [-0.2, 0) is 4.74 Å². The Morgan fingerprint density at radius 3 is 2.11 bits per heavy atom. The number of hydrogen-bond acceptors (Lipinski definition) is 4. The number of aliphatic hydroxyl groups is 1. The lowest BCUT2D eigenvalue weighted by atomic mass is 9.76. The number of nitrogens with zero attached hydrogens (tertiary/aromatic N) is 2. The highest BCUT2D eigenvalue weighted by molar-refractivity contribution is 5.77. The first-order valence-electron chi connectivity index (χ1n) is 9.59. The van der Waals surface area contributed by atoms with E-state index in [0.717, 1.165) is 0 Å². The van der Waals surface area contributed by atoms with Gasteiger partial charge in [0.15, 0.2) is 0 Å². The quantitative estimate of drug-likeness (QED) is 0.751. The summed E-state index contributed by atoms with van der Waals surface area (Å²) in [7, 11) is 0. The van der Waals surface area contributed by atoms with Crippen LogP contribution in [0.3, 0.4) is 0 Å². The molecule has 28 heavy (non-hydrogen) atoms. The van der Waals surface area contributed by atoms with E-state index in [0.29, 0.717) is 12.8 Å². The number of urea groups is 1. The Morgan fingerprint density at radius 2 is 1.71 bits per heavy atom. The van der Waals surface area contributed by atoms with Gasteiger partial charge < -0.3 is 25.0 Å². The highest BCUT2D eigenvalue weighted by atomic mass is 19.4. The minimum absolute atomic E-state index is 0.00361. The first-order chi connectivity index (χ1) is 12.8. The Hall–Kier alpha value is -1.71. The van der Waals surface area contributed by atoms with E-state index in [-0.39, 0.29) is 25.9 Å². The predicted molar refractivity (Wildman–Crippen MR) is 95.8 cm³/mol. The number of alkyl halides is 3. The number of amides is 3. The largest absolute Gasteiger partial charge is 0.444 e. The summed E-state index contributed by atoms with van der Waals surface area (Å²) < 4.78 is 45.5. The Morgan fingerprint density at radius 1 is 1.14 bits per heavy atom. The molecule has 1 saturated carbocycles. The molecule has 0 aromatic rings. The van der Waals surface area contributed by atoms with Crippen LogP contribution < -0.4 is 5.32 Å². The average molecular weight is 409 g/mol. The summed E-state index contributed by atoms with van der Waals surface area (Å²) in [5.74, 6) is 0. The fourth-order valence-electron chi connectivity index (χ4n) is 3.53. The van der Waals surface area contributed by atoms with Crippen molar-refractivity contribution in [3.05, 3.63) is 0 Å². The molecule has 2 N–H and O–H groups in total. The summed E-state index contributed by atoms with van der Waals surface area (Å²) in [6, 6.07) is -2.08. The Kier molecular flexibility index (Phi) is 6.42.